The fourth-order valence-electron chi connectivity index (χ4n) is 3.62. The lowest BCUT2D eigenvalue weighted by Gasteiger charge is -2.25. The van der Waals surface area contributed by atoms with Crippen LogP contribution in [0.3, 0.4) is 0 Å². The molecule has 0 saturated carbocycles. The Morgan fingerprint density at radius 1 is 1.19 bits per heavy atom. The summed E-state index contributed by atoms with van der Waals surface area (Å²) in [6.07, 6.45) is 6.52. The van der Waals surface area contributed by atoms with E-state index in [1.54, 1.807) is 4.90 Å². The number of benzene rings is 2. The first-order chi connectivity index (χ1) is 13.2. The zero-order valence-electron chi connectivity index (χ0n) is 15.6. The van der Waals surface area contributed by atoms with Crippen LogP contribution in [-0.4, -0.2) is 47.3 Å². The van der Waals surface area contributed by atoms with Gasteiger partial charge in [0.25, 0.3) is 5.91 Å². The molecule has 0 bridgehead atoms. The van der Waals surface area contributed by atoms with Crippen LogP contribution in [0.2, 0.25) is 0 Å². The molecule has 1 saturated heterocycles. The van der Waals surface area contributed by atoms with Gasteiger partial charge in [-0.25, -0.2) is 0 Å². The predicted molar refractivity (Wildman–Crippen MR) is 107 cm³/mol. The Labute approximate surface area is 159 Å². The normalized spacial score (nSPS) is 17.1. The highest BCUT2D eigenvalue weighted by molar-refractivity contribution is 5.94. The van der Waals surface area contributed by atoms with Gasteiger partial charge >= 0.3 is 0 Å². The molecule has 1 N–H and O–H groups in total. The van der Waals surface area contributed by atoms with Crippen LogP contribution in [-0.2, 0) is 4.74 Å². The maximum Gasteiger partial charge on any atom is 0.253 e. The van der Waals surface area contributed by atoms with Gasteiger partial charge in [-0.3, -0.25) is 9.89 Å². The van der Waals surface area contributed by atoms with E-state index in [-0.39, 0.29) is 5.91 Å². The second kappa shape index (κ2) is 7.92. The summed E-state index contributed by atoms with van der Waals surface area (Å²) in [5, 5.41) is 8.15. The minimum atomic E-state index is 0.0568. The fraction of sp³-hybridized carbons (Fsp3) is 0.364. The van der Waals surface area contributed by atoms with Gasteiger partial charge in [0.2, 0.25) is 0 Å². The highest BCUT2D eigenvalue weighted by Crippen LogP contribution is 2.24. The van der Waals surface area contributed by atoms with Crippen molar-refractivity contribution in [3.8, 4) is 11.1 Å². The first-order valence-corrected chi connectivity index (χ1v) is 9.61. The number of aromatic amines is 1. The molecule has 0 unspecified atom stereocenters. The van der Waals surface area contributed by atoms with E-state index in [2.05, 4.69) is 22.3 Å². The van der Waals surface area contributed by atoms with Gasteiger partial charge in [0, 0.05) is 31.1 Å². The summed E-state index contributed by atoms with van der Waals surface area (Å²) in [5.74, 6) is 0.0568. The molecule has 2 heterocycles. The summed E-state index contributed by atoms with van der Waals surface area (Å²) >= 11 is 0. The number of amides is 1. The van der Waals surface area contributed by atoms with Crippen molar-refractivity contribution >= 4 is 16.8 Å². The Hall–Kier alpha value is -2.66. The largest absolute Gasteiger partial charge is 0.378 e. The molecule has 5 nitrogen and oxygen atoms in total. The van der Waals surface area contributed by atoms with Crippen LogP contribution in [0.1, 0.15) is 36.0 Å². The number of fused-ring (bicyclic) bond motifs is 1. The molecule has 3 aromatic rings. The highest BCUT2D eigenvalue weighted by atomic mass is 16.5. The lowest BCUT2D eigenvalue weighted by atomic mass is 10.0. The molecule has 4 rings (SSSR count). The number of hydrogen-bond donors (Lipinski definition) is 1. The number of nitrogens with zero attached hydrogens (tertiary/aromatic N) is 2. The van der Waals surface area contributed by atoms with Crippen LogP contribution < -0.4 is 0 Å². The van der Waals surface area contributed by atoms with Gasteiger partial charge in [0.05, 0.1) is 17.8 Å². The Morgan fingerprint density at radius 3 is 2.78 bits per heavy atom. The number of ether oxygens (including phenoxy) is 1. The molecule has 5 heteroatoms. The molecule has 0 radical (unpaired) electrons. The maximum absolute atomic E-state index is 12.7. The van der Waals surface area contributed by atoms with Gasteiger partial charge < -0.3 is 9.64 Å². The first-order valence-electron chi connectivity index (χ1n) is 9.61. The molecule has 0 spiro atoms. The van der Waals surface area contributed by atoms with Crippen molar-refractivity contribution in [3.05, 3.63) is 54.2 Å². The topological polar surface area (TPSA) is 58.2 Å². The van der Waals surface area contributed by atoms with E-state index in [0.29, 0.717) is 11.7 Å². The Bertz CT molecular complexity index is 911. The van der Waals surface area contributed by atoms with Crippen molar-refractivity contribution in [1.29, 1.82) is 0 Å². The van der Waals surface area contributed by atoms with Crippen LogP contribution in [0, 0.1) is 0 Å². The molecule has 1 aliphatic heterocycles. The molecule has 1 aromatic heterocycles. The van der Waals surface area contributed by atoms with Crippen molar-refractivity contribution in [2.24, 2.45) is 0 Å². The summed E-state index contributed by atoms with van der Waals surface area (Å²) in [4.78, 5) is 14.5. The van der Waals surface area contributed by atoms with Crippen LogP contribution in [0.15, 0.2) is 48.7 Å². The Morgan fingerprint density at radius 2 is 2.00 bits per heavy atom. The number of aromatic nitrogens is 2. The number of rotatable bonds is 5. The molecular weight excluding hydrogens is 338 g/mol. The number of carbonyl (C=O) groups excluding carboxylic acids is 1. The number of H-pyrrole nitrogens is 1. The lowest BCUT2D eigenvalue weighted by molar-refractivity contribution is 0.00709. The quantitative estimate of drug-likeness (QED) is 0.737. The zero-order valence-corrected chi connectivity index (χ0v) is 15.6. The van der Waals surface area contributed by atoms with Gasteiger partial charge in [0.15, 0.2) is 0 Å². The van der Waals surface area contributed by atoms with E-state index in [4.69, 9.17) is 4.74 Å². The highest BCUT2D eigenvalue weighted by Gasteiger charge is 2.17. The molecule has 1 aliphatic rings. The number of hydrogen-bond acceptors (Lipinski definition) is 3. The van der Waals surface area contributed by atoms with E-state index in [1.165, 1.54) is 6.42 Å². The molecule has 0 aliphatic carbocycles. The second-order valence-corrected chi connectivity index (χ2v) is 7.25. The summed E-state index contributed by atoms with van der Waals surface area (Å²) < 4.78 is 5.76. The average Bonchev–Trinajstić information content (AvgIpc) is 3.20. The third kappa shape index (κ3) is 4.03. The van der Waals surface area contributed by atoms with E-state index in [1.807, 2.05) is 43.6 Å². The van der Waals surface area contributed by atoms with E-state index < -0.39 is 0 Å². The predicted octanol–water partition coefficient (Wildman–Crippen LogP) is 4.26. The van der Waals surface area contributed by atoms with Crippen molar-refractivity contribution in [1.82, 2.24) is 15.1 Å². The monoisotopic (exact) mass is 363 g/mol. The van der Waals surface area contributed by atoms with Crippen LogP contribution in [0.5, 0.6) is 0 Å². The number of carbonyl (C=O) groups is 1. The number of nitrogens with one attached hydrogen (secondary N) is 1. The lowest BCUT2D eigenvalue weighted by Crippen LogP contribution is -2.31. The molecule has 1 amide bonds. The Balaban J connectivity index is 1.40. The van der Waals surface area contributed by atoms with Gasteiger partial charge in [-0.2, -0.15) is 5.10 Å². The Kier molecular flexibility index (Phi) is 5.21. The second-order valence-electron chi connectivity index (χ2n) is 7.25. The van der Waals surface area contributed by atoms with Crippen molar-refractivity contribution in [2.45, 2.75) is 31.8 Å². The summed E-state index contributed by atoms with van der Waals surface area (Å²) in [5.41, 5.74) is 3.92. The van der Waals surface area contributed by atoms with Crippen LogP contribution >= 0.6 is 0 Å². The summed E-state index contributed by atoms with van der Waals surface area (Å²) in [6.45, 7) is 1.58. The average molecular weight is 363 g/mol. The molecule has 2 aromatic carbocycles. The van der Waals surface area contributed by atoms with Crippen LogP contribution in [0.4, 0.5) is 0 Å². The van der Waals surface area contributed by atoms with Gasteiger partial charge in [-0.15, -0.1) is 0 Å². The molecule has 1 atom stereocenters. The third-order valence-electron chi connectivity index (χ3n) is 5.31. The molecular formula is C22H25N3O2. The summed E-state index contributed by atoms with van der Waals surface area (Å²) in [7, 11) is 1.87. The van der Waals surface area contributed by atoms with Crippen LogP contribution in [0.25, 0.3) is 22.0 Å². The standard InChI is InChI=1S/C22H25N3O2/c1-25(12-11-20-4-2-3-13-27-20)22(26)17-7-5-16(6-8-17)18-9-10-19-15-23-24-21(19)14-18/h5-10,14-15,20H,2-4,11-13H2,1H3,(H,23,24)/t20-/m0/s1. The molecule has 27 heavy (non-hydrogen) atoms. The van der Waals surface area contributed by atoms with Crippen molar-refractivity contribution in [2.75, 3.05) is 20.2 Å². The smallest absolute Gasteiger partial charge is 0.253 e. The van der Waals surface area contributed by atoms with Gasteiger partial charge in [-0.05, 0) is 55.0 Å². The van der Waals surface area contributed by atoms with Crippen molar-refractivity contribution in [3.63, 3.8) is 0 Å². The van der Waals surface area contributed by atoms with E-state index >= 15 is 0 Å². The van der Waals surface area contributed by atoms with Gasteiger partial charge in [-0.1, -0.05) is 24.3 Å². The zero-order chi connectivity index (χ0) is 18.6. The summed E-state index contributed by atoms with van der Waals surface area (Å²) in [6, 6.07) is 14.0. The fourth-order valence-corrected chi connectivity index (χ4v) is 3.62. The van der Waals surface area contributed by atoms with Crippen molar-refractivity contribution < 1.29 is 9.53 Å². The third-order valence-corrected chi connectivity index (χ3v) is 5.31. The van der Waals surface area contributed by atoms with E-state index in [0.717, 1.165) is 54.4 Å². The minimum absolute atomic E-state index is 0.0568. The minimum Gasteiger partial charge on any atom is -0.378 e. The molecule has 1 fully saturated rings. The van der Waals surface area contributed by atoms with E-state index in [9.17, 15) is 4.79 Å². The maximum atomic E-state index is 12.7. The first kappa shape index (κ1) is 17.7. The molecule has 140 valence electrons. The van der Waals surface area contributed by atoms with Gasteiger partial charge in [0.1, 0.15) is 0 Å². The SMILES string of the molecule is CN(CC[C@@H]1CCCCO1)C(=O)c1ccc(-c2ccc3cn[nH]c3c2)cc1.